The highest BCUT2D eigenvalue weighted by atomic mass is 16.5. The number of Topliss-reactive ketones (excluding diaryl/α,β-unsaturated/α-hetero) is 1. The van der Waals surface area contributed by atoms with Gasteiger partial charge in [-0.3, -0.25) is 9.59 Å². The smallest absolute Gasteiger partial charge is 0.200 e. The molecule has 0 heterocycles. The monoisotopic (exact) mass is 318 g/mol. The van der Waals surface area contributed by atoms with E-state index >= 15 is 0 Å². The fourth-order valence-electron chi connectivity index (χ4n) is 2.84. The summed E-state index contributed by atoms with van der Waals surface area (Å²) in [6.45, 7) is 3.80. The Balaban J connectivity index is 1.84. The van der Waals surface area contributed by atoms with Gasteiger partial charge >= 0.3 is 0 Å². The van der Waals surface area contributed by atoms with Crippen molar-refractivity contribution in [2.75, 3.05) is 6.61 Å². The average molecular weight is 318 g/mol. The minimum Gasteiger partial charge on any atom is -0.485 e. The van der Waals surface area contributed by atoms with E-state index in [-0.39, 0.29) is 12.4 Å². The van der Waals surface area contributed by atoms with Gasteiger partial charge < -0.3 is 4.74 Å². The van der Waals surface area contributed by atoms with Gasteiger partial charge in [-0.15, -0.1) is 0 Å². The minimum atomic E-state index is -0.100. The SMILES string of the molecule is Cc1ccc(OCC(=O)c2cc(C)c3cccccc2-3)c(C=O)c1. The molecule has 1 aromatic carbocycles. The number of carbonyl (C=O) groups is 2. The lowest BCUT2D eigenvalue weighted by Crippen LogP contribution is -2.12. The van der Waals surface area contributed by atoms with Crippen LogP contribution in [-0.2, 0) is 0 Å². The first kappa shape index (κ1) is 15.9. The summed E-state index contributed by atoms with van der Waals surface area (Å²) in [6.07, 6.45) is 0.745. The number of ketones is 1. The minimum absolute atomic E-state index is 0.0962. The average Bonchev–Trinajstić information content (AvgIpc) is 2.76. The Morgan fingerprint density at radius 2 is 1.75 bits per heavy atom. The third-order valence-corrected chi connectivity index (χ3v) is 4.07. The van der Waals surface area contributed by atoms with Gasteiger partial charge in [0.2, 0.25) is 5.78 Å². The van der Waals surface area contributed by atoms with Crippen LogP contribution in [0.4, 0.5) is 0 Å². The number of aryl methyl sites for hydroxylation is 2. The number of fused-ring (bicyclic) bond motifs is 1. The summed E-state index contributed by atoms with van der Waals surface area (Å²) >= 11 is 0. The number of hydrogen-bond acceptors (Lipinski definition) is 3. The van der Waals surface area contributed by atoms with Gasteiger partial charge in [0.15, 0.2) is 12.9 Å². The van der Waals surface area contributed by atoms with Gasteiger partial charge in [0.25, 0.3) is 0 Å². The maximum Gasteiger partial charge on any atom is 0.200 e. The zero-order valence-corrected chi connectivity index (χ0v) is 13.7. The largest absolute Gasteiger partial charge is 0.485 e. The summed E-state index contributed by atoms with van der Waals surface area (Å²) in [6, 6.07) is 17.0. The molecule has 0 saturated heterocycles. The highest BCUT2D eigenvalue weighted by Gasteiger charge is 2.18. The Hall–Kier alpha value is -2.94. The molecule has 3 rings (SSSR count). The number of hydrogen-bond donors (Lipinski definition) is 0. The third kappa shape index (κ3) is 3.06. The Bertz CT molecular complexity index is 880. The molecule has 0 N–H and O–H groups in total. The predicted molar refractivity (Wildman–Crippen MR) is 94.2 cm³/mol. The molecule has 0 aromatic heterocycles. The molecule has 0 aliphatic heterocycles. The molecular weight excluding hydrogens is 300 g/mol. The molecule has 0 amide bonds. The first-order valence-electron chi connectivity index (χ1n) is 7.80. The molecule has 0 unspecified atom stereocenters. The van der Waals surface area contributed by atoms with Gasteiger partial charge in [-0.1, -0.05) is 42.0 Å². The molecular formula is C21H18O3. The van der Waals surface area contributed by atoms with Crippen molar-refractivity contribution in [3.05, 3.63) is 76.9 Å². The summed E-state index contributed by atoms with van der Waals surface area (Å²) in [4.78, 5) is 23.7. The number of aldehydes is 1. The van der Waals surface area contributed by atoms with Crippen molar-refractivity contribution >= 4 is 12.1 Å². The van der Waals surface area contributed by atoms with Crippen LogP contribution in [0.5, 0.6) is 5.75 Å². The summed E-state index contributed by atoms with van der Waals surface area (Å²) < 4.78 is 5.60. The van der Waals surface area contributed by atoms with Gasteiger partial charge in [0.1, 0.15) is 5.75 Å². The molecule has 1 aromatic rings. The van der Waals surface area contributed by atoms with Crippen molar-refractivity contribution in [3.63, 3.8) is 0 Å². The second-order valence-corrected chi connectivity index (χ2v) is 5.85. The number of rotatable bonds is 5. The lowest BCUT2D eigenvalue weighted by molar-refractivity contribution is 0.0919. The summed E-state index contributed by atoms with van der Waals surface area (Å²) in [5, 5.41) is 0. The molecule has 0 atom stereocenters. The predicted octanol–water partition coefficient (Wildman–Crippen LogP) is 4.48. The van der Waals surface area contributed by atoms with Gasteiger partial charge in [-0.25, -0.2) is 0 Å². The van der Waals surface area contributed by atoms with Crippen molar-refractivity contribution in [3.8, 4) is 16.9 Å². The second-order valence-electron chi connectivity index (χ2n) is 5.85. The standard InChI is InChI=1S/C21H18O3/c1-14-8-9-21(16(10-14)12-22)24-13-20(23)19-11-15(2)17-6-4-3-5-7-18(17)19/h3-12H,13H2,1-2H3. The van der Waals surface area contributed by atoms with Crippen molar-refractivity contribution in [2.24, 2.45) is 0 Å². The number of benzene rings is 1. The zero-order chi connectivity index (χ0) is 17.1. The van der Waals surface area contributed by atoms with E-state index in [1.165, 1.54) is 0 Å². The van der Waals surface area contributed by atoms with Crippen LogP contribution in [0.15, 0.2) is 54.6 Å². The maximum atomic E-state index is 12.6. The summed E-state index contributed by atoms with van der Waals surface area (Å²) in [7, 11) is 0. The molecule has 0 bridgehead atoms. The molecule has 120 valence electrons. The Kier molecular flexibility index (Phi) is 4.43. The second kappa shape index (κ2) is 6.67. The molecule has 0 saturated carbocycles. The van der Waals surface area contributed by atoms with E-state index in [1.54, 1.807) is 12.1 Å². The van der Waals surface area contributed by atoms with Gasteiger partial charge in [0.05, 0.1) is 5.56 Å². The van der Waals surface area contributed by atoms with Crippen molar-refractivity contribution < 1.29 is 14.3 Å². The molecule has 0 radical (unpaired) electrons. The van der Waals surface area contributed by atoms with Crippen LogP contribution in [-0.4, -0.2) is 18.7 Å². The Labute approximate surface area is 141 Å². The summed E-state index contributed by atoms with van der Waals surface area (Å²) in [5.74, 6) is 0.332. The lowest BCUT2D eigenvalue weighted by Gasteiger charge is -2.08. The highest BCUT2D eigenvalue weighted by Crippen LogP contribution is 2.31. The van der Waals surface area contributed by atoms with E-state index in [0.29, 0.717) is 16.9 Å². The van der Waals surface area contributed by atoms with E-state index in [9.17, 15) is 9.59 Å². The fourth-order valence-corrected chi connectivity index (χ4v) is 2.84. The third-order valence-electron chi connectivity index (χ3n) is 4.07. The van der Waals surface area contributed by atoms with Gasteiger partial charge in [0, 0.05) is 5.56 Å². The van der Waals surface area contributed by atoms with Crippen LogP contribution in [0.25, 0.3) is 11.1 Å². The first-order chi connectivity index (χ1) is 11.6. The molecule has 3 nitrogen and oxygen atoms in total. The zero-order valence-electron chi connectivity index (χ0n) is 13.7. The van der Waals surface area contributed by atoms with Crippen molar-refractivity contribution in [1.82, 2.24) is 0 Å². The van der Waals surface area contributed by atoms with Gasteiger partial charge in [-0.2, -0.15) is 0 Å². The van der Waals surface area contributed by atoms with E-state index in [1.807, 2.05) is 56.3 Å². The molecule has 2 aliphatic carbocycles. The quantitative estimate of drug-likeness (QED) is 0.514. The van der Waals surface area contributed by atoms with Crippen LogP contribution in [0.3, 0.4) is 0 Å². The maximum absolute atomic E-state index is 12.6. The van der Waals surface area contributed by atoms with E-state index in [4.69, 9.17) is 4.74 Å². The van der Waals surface area contributed by atoms with Crippen LogP contribution >= 0.6 is 0 Å². The fraction of sp³-hybridized carbons (Fsp3) is 0.143. The molecule has 0 spiro atoms. The van der Waals surface area contributed by atoms with Crippen LogP contribution in [0.2, 0.25) is 0 Å². The van der Waals surface area contributed by atoms with Crippen molar-refractivity contribution in [2.45, 2.75) is 13.8 Å². The molecule has 3 heteroatoms. The van der Waals surface area contributed by atoms with E-state index in [2.05, 4.69) is 0 Å². The molecule has 2 aliphatic rings. The van der Waals surface area contributed by atoms with Crippen LogP contribution in [0, 0.1) is 13.8 Å². The topological polar surface area (TPSA) is 43.4 Å². The van der Waals surface area contributed by atoms with Crippen LogP contribution in [0.1, 0.15) is 31.8 Å². The lowest BCUT2D eigenvalue weighted by atomic mass is 10.1. The van der Waals surface area contributed by atoms with Gasteiger partial charge in [-0.05, 0) is 48.7 Å². The Morgan fingerprint density at radius 3 is 2.50 bits per heavy atom. The van der Waals surface area contributed by atoms with Crippen molar-refractivity contribution in [1.29, 1.82) is 0 Å². The Morgan fingerprint density at radius 1 is 1.00 bits per heavy atom. The molecule has 24 heavy (non-hydrogen) atoms. The normalized spacial score (nSPS) is 10.6. The highest BCUT2D eigenvalue weighted by molar-refractivity contribution is 6.05. The van der Waals surface area contributed by atoms with Crippen LogP contribution < -0.4 is 4.74 Å². The first-order valence-corrected chi connectivity index (χ1v) is 7.80. The van der Waals surface area contributed by atoms with E-state index in [0.717, 1.165) is 28.5 Å². The number of carbonyl (C=O) groups excluding carboxylic acids is 2. The summed E-state index contributed by atoms with van der Waals surface area (Å²) in [5.41, 5.74) is 5.13. The number of ether oxygens (including phenoxy) is 1. The van der Waals surface area contributed by atoms with E-state index < -0.39 is 0 Å². The molecule has 0 fully saturated rings.